The zero-order valence-corrected chi connectivity index (χ0v) is 11.6. The summed E-state index contributed by atoms with van der Waals surface area (Å²) in [6, 6.07) is 14.5. The Bertz CT molecular complexity index is 580. The molecule has 0 saturated heterocycles. The van der Waals surface area contributed by atoms with Gasteiger partial charge in [0.1, 0.15) is 5.75 Å². The Hall–Kier alpha value is -1.67. The first-order valence-electron chi connectivity index (χ1n) is 6.45. The van der Waals surface area contributed by atoms with Crippen molar-refractivity contribution < 1.29 is 4.74 Å². The van der Waals surface area contributed by atoms with Gasteiger partial charge in [-0.25, -0.2) is 0 Å². The highest BCUT2D eigenvalue weighted by molar-refractivity contribution is 6.30. The average molecular weight is 274 g/mol. The van der Waals surface area contributed by atoms with Crippen molar-refractivity contribution in [2.45, 2.75) is 18.9 Å². The Balaban J connectivity index is 1.83. The molecule has 2 aromatic rings. The van der Waals surface area contributed by atoms with Crippen LogP contribution in [0.5, 0.6) is 5.75 Å². The van der Waals surface area contributed by atoms with Gasteiger partial charge in [-0.05, 0) is 60.4 Å². The predicted molar refractivity (Wildman–Crippen MR) is 79.1 cm³/mol. The van der Waals surface area contributed by atoms with Crippen molar-refractivity contribution in [3.8, 4) is 5.75 Å². The number of nitrogens with one attached hydrogen (secondary N) is 1. The maximum atomic E-state index is 5.90. The van der Waals surface area contributed by atoms with Crippen LogP contribution >= 0.6 is 11.6 Å². The number of halogens is 1. The van der Waals surface area contributed by atoms with Gasteiger partial charge in [-0.2, -0.15) is 0 Å². The quantitative estimate of drug-likeness (QED) is 0.892. The van der Waals surface area contributed by atoms with Crippen LogP contribution in [0.25, 0.3) is 0 Å². The van der Waals surface area contributed by atoms with Crippen LogP contribution in [0.3, 0.4) is 0 Å². The lowest BCUT2D eigenvalue weighted by molar-refractivity contribution is 0.414. The number of fused-ring (bicyclic) bond motifs is 1. The SMILES string of the molecule is COc1ccc2c(c1)C(Nc1ccc(Cl)cc1)CC2. The van der Waals surface area contributed by atoms with Crippen LogP contribution in [-0.4, -0.2) is 7.11 Å². The summed E-state index contributed by atoms with van der Waals surface area (Å²) in [7, 11) is 1.71. The summed E-state index contributed by atoms with van der Waals surface area (Å²) in [4.78, 5) is 0. The van der Waals surface area contributed by atoms with E-state index in [-0.39, 0.29) is 0 Å². The molecule has 0 saturated carbocycles. The molecule has 1 unspecified atom stereocenters. The van der Waals surface area contributed by atoms with E-state index in [2.05, 4.69) is 17.4 Å². The van der Waals surface area contributed by atoms with Crippen molar-refractivity contribution in [2.24, 2.45) is 0 Å². The summed E-state index contributed by atoms with van der Waals surface area (Å²) in [6.45, 7) is 0. The summed E-state index contributed by atoms with van der Waals surface area (Å²) in [5, 5.41) is 4.32. The minimum absolute atomic E-state index is 0.353. The molecule has 3 rings (SSSR count). The Morgan fingerprint density at radius 2 is 1.95 bits per heavy atom. The van der Waals surface area contributed by atoms with Gasteiger partial charge in [0.25, 0.3) is 0 Å². The highest BCUT2D eigenvalue weighted by Gasteiger charge is 2.22. The molecular weight excluding hydrogens is 258 g/mol. The Kier molecular flexibility index (Phi) is 3.34. The van der Waals surface area contributed by atoms with Gasteiger partial charge in [0.05, 0.1) is 13.2 Å². The van der Waals surface area contributed by atoms with E-state index in [1.807, 2.05) is 30.3 Å². The van der Waals surface area contributed by atoms with E-state index < -0.39 is 0 Å². The fourth-order valence-corrected chi connectivity index (χ4v) is 2.73. The monoisotopic (exact) mass is 273 g/mol. The fourth-order valence-electron chi connectivity index (χ4n) is 2.60. The number of aryl methyl sites for hydroxylation is 1. The fraction of sp³-hybridized carbons (Fsp3) is 0.250. The maximum Gasteiger partial charge on any atom is 0.119 e. The lowest BCUT2D eigenvalue weighted by Gasteiger charge is -2.16. The van der Waals surface area contributed by atoms with Gasteiger partial charge in [-0.1, -0.05) is 17.7 Å². The third kappa shape index (κ3) is 2.54. The van der Waals surface area contributed by atoms with Crippen LogP contribution in [-0.2, 0) is 6.42 Å². The van der Waals surface area contributed by atoms with Crippen molar-refractivity contribution in [1.29, 1.82) is 0 Å². The van der Waals surface area contributed by atoms with Crippen molar-refractivity contribution in [1.82, 2.24) is 0 Å². The van der Waals surface area contributed by atoms with E-state index in [1.54, 1.807) is 7.11 Å². The van der Waals surface area contributed by atoms with Gasteiger partial charge in [0, 0.05) is 10.7 Å². The van der Waals surface area contributed by atoms with Crippen molar-refractivity contribution >= 4 is 17.3 Å². The zero-order chi connectivity index (χ0) is 13.2. The van der Waals surface area contributed by atoms with Crippen LogP contribution in [0.4, 0.5) is 5.69 Å². The first-order valence-corrected chi connectivity index (χ1v) is 6.83. The van der Waals surface area contributed by atoms with Gasteiger partial charge in [-0.3, -0.25) is 0 Å². The summed E-state index contributed by atoms with van der Waals surface area (Å²) < 4.78 is 5.31. The largest absolute Gasteiger partial charge is 0.497 e. The van der Waals surface area contributed by atoms with Crippen LogP contribution in [0, 0.1) is 0 Å². The molecule has 0 spiro atoms. The van der Waals surface area contributed by atoms with E-state index in [0.29, 0.717) is 6.04 Å². The highest BCUT2D eigenvalue weighted by Crippen LogP contribution is 2.36. The normalized spacial score (nSPS) is 17.1. The molecule has 1 aliphatic carbocycles. The molecule has 0 heterocycles. The number of hydrogen-bond donors (Lipinski definition) is 1. The molecule has 1 N–H and O–H groups in total. The Morgan fingerprint density at radius 3 is 2.68 bits per heavy atom. The molecule has 3 heteroatoms. The predicted octanol–water partition coefficient (Wildman–Crippen LogP) is 4.45. The van der Waals surface area contributed by atoms with Gasteiger partial charge < -0.3 is 10.1 Å². The summed E-state index contributed by atoms with van der Waals surface area (Å²) >= 11 is 5.90. The van der Waals surface area contributed by atoms with E-state index in [1.165, 1.54) is 11.1 Å². The maximum absolute atomic E-state index is 5.90. The number of benzene rings is 2. The molecule has 2 aromatic carbocycles. The second kappa shape index (κ2) is 5.14. The number of hydrogen-bond acceptors (Lipinski definition) is 2. The van der Waals surface area contributed by atoms with Crippen molar-refractivity contribution in [3.05, 3.63) is 58.6 Å². The van der Waals surface area contributed by atoms with Gasteiger partial charge in [-0.15, -0.1) is 0 Å². The van der Waals surface area contributed by atoms with Crippen molar-refractivity contribution in [2.75, 3.05) is 12.4 Å². The van der Waals surface area contributed by atoms with Crippen LogP contribution in [0.15, 0.2) is 42.5 Å². The molecule has 2 nitrogen and oxygen atoms in total. The molecule has 1 aliphatic rings. The molecule has 0 aliphatic heterocycles. The van der Waals surface area contributed by atoms with Gasteiger partial charge >= 0.3 is 0 Å². The second-order valence-electron chi connectivity index (χ2n) is 4.81. The number of rotatable bonds is 3. The molecule has 0 amide bonds. The molecule has 0 aromatic heterocycles. The second-order valence-corrected chi connectivity index (χ2v) is 5.24. The van der Waals surface area contributed by atoms with Crippen LogP contribution in [0.2, 0.25) is 5.02 Å². The minimum atomic E-state index is 0.353. The topological polar surface area (TPSA) is 21.3 Å². The van der Waals surface area contributed by atoms with Crippen LogP contribution < -0.4 is 10.1 Å². The Morgan fingerprint density at radius 1 is 1.16 bits per heavy atom. The average Bonchev–Trinajstić information content (AvgIpc) is 2.84. The first kappa shape index (κ1) is 12.4. The zero-order valence-electron chi connectivity index (χ0n) is 10.8. The van der Waals surface area contributed by atoms with E-state index in [0.717, 1.165) is 29.3 Å². The van der Waals surface area contributed by atoms with E-state index in [9.17, 15) is 0 Å². The summed E-state index contributed by atoms with van der Waals surface area (Å²) in [5.41, 5.74) is 3.85. The molecule has 19 heavy (non-hydrogen) atoms. The standard InChI is InChI=1S/C16H16ClNO/c1-19-14-8-2-11-3-9-16(15(11)10-14)18-13-6-4-12(17)5-7-13/h2,4-8,10,16,18H,3,9H2,1H3. The molecular formula is C16H16ClNO. The molecule has 98 valence electrons. The third-order valence-electron chi connectivity index (χ3n) is 3.62. The van der Waals surface area contributed by atoms with Crippen LogP contribution in [0.1, 0.15) is 23.6 Å². The summed E-state index contributed by atoms with van der Waals surface area (Å²) in [5.74, 6) is 0.920. The molecule has 0 fully saturated rings. The smallest absolute Gasteiger partial charge is 0.119 e. The number of anilines is 1. The van der Waals surface area contributed by atoms with E-state index >= 15 is 0 Å². The van der Waals surface area contributed by atoms with E-state index in [4.69, 9.17) is 16.3 Å². The summed E-state index contributed by atoms with van der Waals surface area (Å²) in [6.07, 6.45) is 2.23. The molecule has 1 atom stereocenters. The molecule has 0 bridgehead atoms. The van der Waals surface area contributed by atoms with Gasteiger partial charge in [0.2, 0.25) is 0 Å². The number of methoxy groups -OCH3 is 1. The highest BCUT2D eigenvalue weighted by atomic mass is 35.5. The lowest BCUT2D eigenvalue weighted by atomic mass is 10.1. The lowest BCUT2D eigenvalue weighted by Crippen LogP contribution is -2.07. The van der Waals surface area contributed by atoms with Crippen molar-refractivity contribution in [3.63, 3.8) is 0 Å². The number of ether oxygens (including phenoxy) is 1. The third-order valence-corrected chi connectivity index (χ3v) is 3.87. The van der Waals surface area contributed by atoms with Gasteiger partial charge in [0.15, 0.2) is 0 Å². The molecule has 0 radical (unpaired) electrons. The minimum Gasteiger partial charge on any atom is -0.497 e. The Labute approximate surface area is 118 Å². The first-order chi connectivity index (χ1) is 9.26.